The number of rotatable bonds is 0. The minimum Gasteiger partial charge on any atom is -0.390 e. The summed E-state index contributed by atoms with van der Waals surface area (Å²) in [5.41, 5.74) is -1.22. The van der Waals surface area contributed by atoms with Crippen molar-refractivity contribution in [2.45, 2.75) is 55.5 Å². The first kappa shape index (κ1) is 7.30. The van der Waals surface area contributed by atoms with Crippen molar-refractivity contribution >= 4 is 0 Å². The second-order valence-corrected chi connectivity index (χ2v) is 4.82. The van der Waals surface area contributed by atoms with Crippen LogP contribution in [0.2, 0.25) is 0 Å². The van der Waals surface area contributed by atoms with Gasteiger partial charge in [-0.1, -0.05) is 0 Å². The van der Waals surface area contributed by atoms with Crippen molar-refractivity contribution in [2.75, 3.05) is 0 Å². The zero-order chi connectivity index (χ0) is 8.40. The fourth-order valence-corrected chi connectivity index (χ4v) is 3.37. The van der Waals surface area contributed by atoms with E-state index in [0.29, 0.717) is 6.42 Å². The Morgan fingerprint density at radius 3 is 1.67 bits per heavy atom. The molecule has 0 atom stereocenters. The van der Waals surface area contributed by atoms with Gasteiger partial charge in [0.1, 0.15) is 0 Å². The predicted molar refractivity (Wildman–Crippen MR) is 41.6 cm³/mol. The summed E-state index contributed by atoms with van der Waals surface area (Å²) in [6.07, 6.45) is 3.70. The van der Waals surface area contributed by atoms with Gasteiger partial charge in [0, 0.05) is 32.1 Å². The van der Waals surface area contributed by atoms with Gasteiger partial charge in [0.05, 0.1) is 23.4 Å². The van der Waals surface area contributed by atoms with E-state index in [0.717, 1.165) is 25.7 Å². The molecule has 2 aliphatic carbocycles. The van der Waals surface area contributed by atoms with Crippen molar-refractivity contribution in [1.82, 2.24) is 0 Å². The maximum absolute atomic E-state index is 10.0. The van der Waals surface area contributed by atoms with Gasteiger partial charge in [0.15, 0.2) is 0 Å². The van der Waals surface area contributed by atoms with Crippen LogP contribution in [0.5, 0.6) is 0 Å². The summed E-state index contributed by atoms with van der Waals surface area (Å²) in [6.45, 7) is 0. The third-order valence-corrected chi connectivity index (χ3v) is 3.47. The molecule has 0 radical (unpaired) electrons. The molecule has 0 aromatic heterocycles. The zero-order valence-corrected chi connectivity index (χ0v) is 6.99. The lowest BCUT2D eigenvalue weighted by molar-refractivity contribution is -0.268. The van der Waals surface area contributed by atoms with E-state index >= 15 is 0 Å². The van der Waals surface area contributed by atoms with E-state index in [4.69, 9.17) is 4.74 Å². The van der Waals surface area contributed by atoms with Gasteiger partial charge in [-0.3, -0.25) is 0 Å². The Balaban J connectivity index is 1.98. The summed E-state index contributed by atoms with van der Waals surface area (Å²) in [6, 6.07) is 0. The average Bonchev–Trinajstić information content (AvgIpc) is 1.75. The molecule has 0 amide bonds. The van der Waals surface area contributed by atoms with Crippen LogP contribution in [0.3, 0.4) is 0 Å². The lowest BCUT2D eigenvalue weighted by Crippen LogP contribution is -2.63. The van der Waals surface area contributed by atoms with Crippen molar-refractivity contribution in [1.29, 1.82) is 0 Å². The Morgan fingerprint density at radius 2 is 1.33 bits per heavy atom. The first-order valence-corrected chi connectivity index (χ1v) is 4.67. The molecular weight excluding hydrogens is 156 g/mol. The maximum Gasteiger partial charge on any atom is 0.0724 e. The Hall–Kier alpha value is -0.120. The van der Waals surface area contributed by atoms with Gasteiger partial charge in [-0.15, -0.1) is 0 Å². The highest BCUT2D eigenvalue weighted by molar-refractivity contribution is 5.09. The fraction of sp³-hybridized carbons (Fsp3) is 1.00. The summed E-state index contributed by atoms with van der Waals surface area (Å²) >= 11 is 0. The SMILES string of the molecule is OC12CC3CC(O)(CC(C1)O3)C2. The van der Waals surface area contributed by atoms with Crippen LogP contribution in [-0.4, -0.2) is 33.6 Å². The minimum atomic E-state index is -0.612. The van der Waals surface area contributed by atoms with Crippen LogP contribution in [0.25, 0.3) is 0 Å². The van der Waals surface area contributed by atoms with Crippen LogP contribution in [0.15, 0.2) is 0 Å². The smallest absolute Gasteiger partial charge is 0.0724 e. The summed E-state index contributed by atoms with van der Waals surface area (Å²) in [5, 5.41) is 20.1. The molecule has 2 saturated heterocycles. The van der Waals surface area contributed by atoms with Gasteiger partial charge < -0.3 is 14.9 Å². The van der Waals surface area contributed by atoms with Crippen LogP contribution in [-0.2, 0) is 4.74 Å². The van der Waals surface area contributed by atoms with E-state index < -0.39 is 11.2 Å². The van der Waals surface area contributed by atoms with Gasteiger partial charge in [-0.2, -0.15) is 0 Å². The van der Waals surface area contributed by atoms with E-state index in [1.54, 1.807) is 0 Å². The van der Waals surface area contributed by atoms with E-state index in [1.165, 1.54) is 0 Å². The van der Waals surface area contributed by atoms with E-state index in [9.17, 15) is 10.2 Å². The molecule has 2 N–H and O–H groups in total. The second kappa shape index (κ2) is 1.86. The molecule has 4 rings (SSSR count). The first-order chi connectivity index (χ1) is 5.57. The van der Waals surface area contributed by atoms with Gasteiger partial charge in [0.2, 0.25) is 0 Å². The molecule has 12 heavy (non-hydrogen) atoms. The van der Waals surface area contributed by atoms with Crippen LogP contribution in [0, 0.1) is 0 Å². The van der Waals surface area contributed by atoms with Gasteiger partial charge in [0.25, 0.3) is 0 Å². The number of ether oxygens (including phenoxy) is 1. The summed E-state index contributed by atoms with van der Waals surface area (Å²) in [7, 11) is 0. The molecule has 2 saturated carbocycles. The molecule has 0 aromatic carbocycles. The fourth-order valence-electron chi connectivity index (χ4n) is 3.37. The summed E-state index contributed by atoms with van der Waals surface area (Å²) in [5.74, 6) is 0. The van der Waals surface area contributed by atoms with Gasteiger partial charge in [-0.05, 0) is 0 Å². The van der Waals surface area contributed by atoms with Crippen LogP contribution in [0.4, 0.5) is 0 Å². The summed E-state index contributed by atoms with van der Waals surface area (Å²) < 4.78 is 5.63. The van der Waals surface area contributed by atoms with Crippen LogP contribution in [0.1, 0.15) is 32.1 Å². The maximum atomic E-state index is 10.0. The van der Waals surface area contributed by atoms with Crippen molar-refractivity contribution < 1.29 is 14.9 Å². The largest absolute Gasteiger partial charge is 0.390 e. The first-order valence-electron chi connectivity index (χ1n) is 4.67. The average molecular weight is 170 g/mol. The third kappa shape index (κ3) is 0.873. The van der Waals surface area contributed by atoms with E-state index in [-0.39, 0.29) is 12.2 Å². The van der Waals surface area contributed by atoms with E-state index in [2.05, 4.69) is 0 Å². The van der Waals surface area contributed by atoms with Gasteiger partial charge in [-0.25, -0.2) is 0 Å². The lowest BCUT2D eigenvalue weighted by Gasteiger charge is -2.57. The monoisotopic (exact) mass is 170 g/mol. The summed E-state index contributed by atoms with van der Waals surface area (Å²) in [4.78, 5) is 0. The third-order valence-electron chi connectivity index (χ3n) is 3.47. The molecule has 2 heterocycles. The van der Waals surface area contributed by atoms with Crippen LogP contribution >= 0.6 is 0 Å². The highest BCUT2D eigenvalue weighted by Crippen LogP contribution is 2.51. The van der Waals surface area contributed by atoms with Gasteiger partial charge >= 0.3 is 0 Å². The van der Waals surface area contributed by atoms with E-state index in [1.807, 2.05) is 0 Å². The molecule has 0 aromatic rings. The van der Waals surface area contributed by atoms with Crippen LogP contribution < -0.4 is 0 Å². The Bertz CT molecular complexity index is 192. The van der Waals surface area contributed by atoms with Crippen molar-refractivity contribution in [2.24, 2.45) is 0 Å². The van der Waals surface area contributed by atoms with Crippen molar-refractivity contribution in [3.05, 3.63) is 0 Å². The topological polar surface area (TPSA) is 49.7 Å². The molecule has 0 spiro atoms. The molecular formula is C9H14O3. The number of hydrogen-bond donors (Lipinski definition) is 2. The Kier molecular flexibility index (Phi) is 1.13. The second-order valence-electron chi connectivity index (χ2n) is 4.82. The Morgan fingerprint density at radius 1 is 0.917 bits per heavy atom. The minimum absolute atomic E-state index is 0.112. The van der Waals surface area contributed by atoms with Crippen molar-refractivity contribution in [3.8, 4) is 0 Å². The predicted octanol–water partition coefficient (Wildman–Crippen LogP) is 0.194. The quantitative estimate of drug-likeness (QED) is 0.545. The molecule has 3 nitrogen and oxygen atoms in total. The van der Waals surface area contributed by atoms with Crippen molar-refractivity contribution in [3.63, 3.8) is 0 Å². The standard InChI is InChI=1S/C9H14O3/c10-8-1-6-2-9(11,5-8)4-7(3-8)12-6/h6-7,10-11H,1-5H2. The molecule has 4 fully saturated rings. The molecule has 4 bridgehead atoms. The number of aliphatic hydroxyl groups is 2. The molecule has 4 aliphatic rings. The molecule has 3 heteroatoms. The zero-order valence-electron chi connectivity index (χ0n) is 6.99. The lowest BCUT2D eigenvalue weighted by atomic mass is 9.62. The normalized spacial score (nSPS) is 62.5. The molecule has 68 valence electrons. The molecule has 0 unspecified atom stereocenters. The number of hydrogen-bond acceptors (Lipinski definition) is 3. The molecule has 2 aliphatic heterocycles. The highest BCUT2D eigenvalue weighted by atomic mass is 16.5. The Labute approximate surface area is 71.3 Å². The highest BCUT2D eigenvalue weighted by Gasteiger charge is 2.57.